The van der Waals surface area contributed by atoms with Crippen molar-refractivity contribution >= 4 is 21.6 Å². The number of hydrogen-bond acceptors (Lipinski definition) is 5. The summed E-state index contributed by atoms with van der Waals surface area (Å²) in [6.07, 6.45) is 5.79. The highest BCUT2D eigenvalue weighted by atomic mass is 32.2. The van der Waals surface area contributed by atoms with Crippen LogP contribution >= 0.6 is 0 Å². The molecule has 1 aromatic carbocycles. The number of carbonyl (C=O) groups excluding carboxylic acids is 1. The van der Waals surface area contributed by atoms with Crippen LogP contribution in [0.25, 0.3) is 0 Å². The number of sulfonamides is 1. The topological polar surface area (TPSA) is 95.9 Å². The molecule has 0 unspecified atom stereocenters. The predicted octanol–water partition coefficient (Wildman–Crippen LogP) is 4.16. The Morgan fingerprint density at radius 3 is 2.36 bits per heavy atom. The van der Waals surface area contributed by atoms with Crippen molar-refractivity contribution in [2.24, 2.45) is 17.3 Å². The normalized spacial score (nSPS) is 30.8. The van der Waals surface area contributed by atoms with Crippen LogP contribution in [0.3, 0.4) is 0 Å². The molecule has 1 amide bonds. The first-order valence-electron chi connectivity index (χ1n) is 12.3. The molecule has 33 heavy (non-hydrogen) atoms. The van der Waals surface area contributed by atoms with Gasteiger partial charge in [0.1, 0.15) is 5.75 Å². The number of carbonyl (C=O) groups is 1. The summed E-state index contributed by atoms with van der Waals surface area (Å²) in [6.45, 7) is 8.14. The molecule has 2 atom stereocenters. The SMILES string of the molecule is CCN(CC)S(=O)(=O)c1ccc(OC(C)C)c(NC(=O)CC23C[C@H]4C[C@@H](CC(O)(C4)C2)C3)c1. The molecule has 4 bridgehead atoms. The van der Waals surface area contributed by atoms with E-state index in [1.165, 1.54) is 22.9 Å². The molecule has 8 heteroatoms. The fraction of sp³-hybridized carbons (Fsp3) is 0.720. The van der Waals surface area contributed by atoms with Gasteiger partial charge >= 0.3 is 0 Å². The first-order chi connectivity index (χ1) is 15.5. The Hall–Kier alpha value is -1.64. The molecular weight excluding hydrogens is 440 g/mol. The zero-order valence-corrected chi connectivity index (χ0v) is 21.1. The van der Waals surface area contributed by atoms with Gasteiger partial charge in [-0.3, -0.25) is 4.79 Å². The van der Waals surface area contributed by atoms with Crippen molar-refractivity contribution < 1.29 is 23.1 Å². The van der Waals surface area contributed by atoms with Crippen LogP contribution < -0.4 is 10.1 Å². The molecule has 0 spiro atoms. The summed E-state index contributed by atoms with van der Waals surface area (Å²) in [6, 6.07) is 4.67. The summed E-state index contributed by atoms with van der Waals surface area (Å²) in [7, 11) is -3.66. The Balaban J connectivity index is 1.57. The number of ether oxygens (including phenoxy) is 1. The van der Waals surface area contributed by atoms with Crippen LogP contribution in [0.15, 0.2) is 23.1 Å². The van der Waals surface area contributed by atoms with Crippen molar-refractivity contribution in [1.29, 1.82) is 0 Å². The molecule has 0 saturated heterocycles. The van der Waals surface area contributed by atoms with Crippen LogP contribution in [0.4, 0.5) is 5.69 Å². The van der Waals surface area contributed by atoms with Crippen LogP contribution in [0, 0.1) is 17.3 Å². The average molecular weight is 479 g/mol. The van der Waals surface area contributed by atoms with Gasteiger partial charge in [-0.1, -0.05) is 13.8 Å². The Bertz CT molecular complexity index is 988. The van der Waals surface area contributed by atoms with E-state index in [9.17, 15) is 18.3 Å². The second kappa shape index (κ2) is 8.86. The van der Waals surface area contributed by atoms with E-state index in [1.807, 2.05) is 13.8 Å². The van der Waals surface area contributed by atoms with Crippen LogP contribution in [0.5, 0.6) is 5.75 Å². The van der Waals surface area contributed by atoms with Gasteiger partial charge in [0.15, 0.2) is 0 Å². The summed E-state index contributed by atoms with van der Waals surface area (Å²) in [5, 5.41) is 14.0. The predicted molar refractivity (Wildman–Crippen MR) is 128 cm³/mol. The molecule has 5 rings (SSSR count). The van der Waals surface area contributed by atoms with Crippen molar-refractivity contribution in [1.82, 2.24) is 4.31 Å². The van der Waals surface area contributed by atoms with Crippen molar-refractivity contribution in [2.45, 2.75) is 89.2 Å². The largest absolute Gasteiger partial charge is 0.489 e. The monoisotopic (exact) mass is 478 g/mol. The number of hydrogen-bond donors (Lipinski definition) is 2. The molecule has 0 aliphatic heterocycles. The number of benzene rings is 1. The number of rotatable bonds is 9. The van der Waals surface area contributed by atoms with Gasteiger partial charge in [-0.05, 0) is 87.8 Å². The Morgan fingerprint density at radius 2 is 1.82 bits per heavy atom. The number of nitrogens with zero attached hydrogens (tertiary/aromatic N) is 1. The summed E-state index contributed by atoms with van der Waals surface area (Å²) in [5.74, 6) is 1.32. The molecule has 0 heterocycles. The highest BCUT2D eigenvalue weighted by Crippen LogP contribution is 2.62. The van der Waals surface area contributed by atoms with Crippen LogP contribution in [-0.2, 0) is 14.8 Å². The maximum Gasteiger partial charge on any atom is 0.243 e. The molecule has 4 aliphatic rings. The third kappa shape index (κ3) is 4.93. The standard InChI is InChI=1S/C25H38N2O5S/c1-5-27(6-2)33(30,31)20-7-8-22(32-17(3)4)21(10-20)26-23(28)15-24-11-18-9-19(12-24)14-25(29,13-18)16-24/h7-8,10,17-19,29H,5-6,9,11-16H2,1-4H3,(H,26,28)/t18-,19-,24?,25?/m1/s1. The summed E-state index contributed by atoms with van der Waals surface area (Å²) >= 11 is 0. The first kappa shape index (κ1) is 24.5. The van der Waals surface area contributed by atoms with E-state index in [4.69, 9.17) is 4.74 Å². The fourth-order valence-corrected chi connectivity index (χ4v) is 8.47. The van der Waals surface area contributed by atoms with Gasteiger partial charge in [-0.2, -0.15) is 4.31 Å². The van der Waals surface area contributed by atoms with E-state index >= 15 is 0 Å². The van der Waals surface area contributed by atoms with E-state index in [1.54, 1.807) is 19.9 Å². The lowest BCUT2D eigenvalue weighted by Crippen LogP contribution is -2.56. The van der Waals surface area contributed by atoms with Crippen molar-refractivity contribution in [3.05, 3.63) is 18.2 Å². The minimum absolute atomic E-state index is 0.122. The van der Waals surface area contributed by atoms with E-state index in [0.29, 0.717) is 49.2 Å². The lowest BCUT2D eigenvalue weighted by Gasteiger charge is -2.60. The molecule has 0 radical (unpaired) electrons. The van der Waals surface area contributed by atoms with Crippen molar-refractivity contribution in [3.63, 3.8) is 0 Å². The Labute approximate surface area is 197 Å². The molecule has 4 fully saturated rings. The summed E-state index contributed by atoms with van der Waals surface area (Å²) in [5.41, 5.74) is -0.397. The Kier molecular flexibility index (Phi) is 6.57. The molecule has 184 valence electrons. The smallest absolute Gasteiger partial charge is 0.243 e. The van der Waals surface area contributed by atoms with Gasteiger partial charge in [0.2, 0.25) is 15.9 Å². The minimum atomic E-state index is -3.66. The molecular formula is C25H38N2O5S. The van der Waals surface area contributed by atoms with Gasteiger partial charge in [-0.15, -0.1) is 0 Å². The average Bonchev–Trinajstić information content (AvgIpc) is 2.67. The molecule has 1 aromatic rings. The number of amides is 1. The number of nitrogens with one attached hydrogen (secondary N) is 1. The highest BCUT2D eigenvalue weighted by molar-refractivity contribution is 7.89. The third-order valence-electron chi connectivity index (χ3n) is 7.62. The quantitative estimate of drug-likeness (QED) is 0.555. The first-order valence-corrected chi connectivity index (χ1v) is 13.7. The Morgan fingerprint density at radius 1 is 1.18 bits per heavy atom. The molecule has 4 aliphatic carbocycles. The zero-order chi connectivity index (χ0) is 24.0. The van der Waals surface area contributed by atoms with E-state index in [2.05, 4.69) is 5.32 Å². The molecule has 4 saturated carbocycles. The molecule has 2 N–H and O–H groups in total. The summed E-state index contributed by atoms with van der Waals surface area (Å²) in [4.78, 5) is 13.4. The molecule has 7 nitrogen and oxygen atoms in total. The second-order valence-corrected chi connectivity index (χ2v) is 12.8. The lowest BCUT2D eigenvalue weighted by molar-refractivity contribution is -0.167. The van der Waals surface area contributed by atoms with Gasteiger partial charge in [0.05, 0.1) is 22.3 Å². The highest BCUT2D eigenvalue weighted by Gasteiger charge is 2.57. The fourth-order valence-electron chi connectivity index (χ4n) is 6.98. The van der Waals surface area contributed by atoms with Crippen molar-refractivity contribution in [3.8, 4) is 5.75 Å². The molecule has 0 aromatic heterocycles. The lowest BCUT2D eigenvalue weighted by atomic mass is 9.47. The van der Waals surface area contributed by atoms with Gasteiger partial charge < -0.3 is 15.2 Å². The van der Waals surface area contributed by atoms with Crippen LogP contribution in [0.2, 0.25) is 0 Å². The number of aliphatic hydroxyl groups is 1. The maximum atomic E-state index is 13.2. The second-order valence-electron chi connectivity index (χ2n) is 10.8. The van der Waals surface area contributed by atoms with E-state index in [0.717, 1.165) is 25.7 Å². The minimum Gasteiger partial charge on any atom is -0.489 e. The van der Waals surface area contributed by atoms with E-state index < -0.39 is 15.6 Å². The van der Waals surface area contributed by atoms with Crippen LogP contribution in [-0.4, -0.2) is 48.5 Å². The van der Waals surface area contributed by atoms with E-state index in [-0.39, 0.29) is 22.3 Å². The zero-order valence-electron chi connectivity index (χ0n) is 20.3. The van der Waals surface area contributed by atoms with Gasteiger partial charge in [0, 0.05) is 19.5 Å². The van der Waals surface area contributed by atoms with Gasteiger partial charge in [0.25, 0.3) is 0 Å². The van der Waals surface area contributed by atoms with Gasteiger partial charge in [-0.25, -0.2) is 8.42 Å². The number of anilines is 1. The van der Waals surface area contributed by atoms with Crippen molar-refractivity contribution in [2.75, 3.05) is 18.4 Å². The summed E-state index contributed by atoms with van der Waals surface area (Å²) < 4.78 is 33.4. The third-order valence-corrected chi connectivity index (χ3v) is 9.66. The van der Waals surface area contributed by atoms with Crippen LogP contribution in [0.1, 0.15) is 72.6 Å². The maximum absolute atomic E-state index is 13.2.